The van der Waals surface area contributed by atoms with Gasteiger partial charge in [0.25, 0.3) is 5.91 Å². The number of rotatable bonds is 9. The summed E-state index contributed by atoms with van der Waals surface area (Å²) in [6.45, 7) is 0.232. The minimum atomic E-state index is -0.523. The Morgan fingerprint density at radius 3 is 2.43 bits per heavy atom. The van der Waals surface area contributed by atoms with Gasteiger partial charge in [-0.05, 0) is 23.8 Å². The van der Waals surface area contributed by atoms with E-state index in [1.807, 2.05) is 30.3 Å². The van der Waals surface area contributed by atoms with Crippen LogP contribution >= 0.6 is 11.6 Å². The van der Waals surface area contributed by atoms with Crippen LogP contribution in [0.1, 0.15) is 22.3 Å². The lowest BCUT2D eigenvalue weighted by atomic mass is 10.2. The zero-order chi connectivity index (χ0) is 20.5. The second-order valence-electron chi connectivity index (χ2n) is 5.94. The Kier molecular flexibility index (Phi) is 7.83. The van der Waals surface area contributed by atoms with Gasteiger partial charge in [0, 0.05) is 19.5 Å². The number of nitrogens with two attached hydrogens (primary N) is 1. The maximum Gasteiger partial charge on any atom is 0.337 e. The molecule has 0 aliphatic heterocycles. The minimum Gasteiger partial charge on any atom is -0.482 e. The Morgan fingerprint density at radius 2 is 1.82 bits per heavy atom. The highest BCUT2D eigenvalue weighted by atomic mass is 35.5. The molecule has 0 atom stereocenters. The van der Waals surface area contributed by atoms with E-state index in [0.29, 0.717) is 6.54 Å². The van der Waals surface area contributed by atoms with Gasteiger partial charge in [-0.2, -0.15) is 0 Å². The number of carbonyl (C=O) groups excluding carboxylic acids is 3. The summed E-state index contributed by atoms with van der Waals surface area (Å²) in [5.41, 5.74) is 6.40. The van der Waals surface area contributed by atoms with Crippen molar-refractivity contribution in [3.8, 4) is 5.75 Å². The maximum absolute atomic E-state index is 12.6. The van der Waals surface area contributed by atoms with Gasteiger partial charge >= 0.3 is 5.97 Å². The summed E-state index contributed by atoms with van der Waals surface area (Å²) in [6.07, 6.45) is 0.0488. The van der Waals surface area contributed by atoms with Crippen molar-refractivity contribution >= 4 is 29.4 Å². The molecule has 0 aliphatic carbocycles. The van der Waals surface area contributed by atoms with E-state index >= 15 is 0 Å². The summed E-state index contributed by atoms with van der Waals surface area (Å²) in [5, 5.41) is 0.183. The van der Waals surface area contributed by atoms with Crippen molar-refractivity contribution < 1.29 is 23.9 Å². The van der Waals surface area contributed by atoms with Crippen molar-refractivity contribution in [1.82, 2.24) is 4.90 Å². The number of carbonyl (C=O) groups is 3. The first kappa shape index (κ1) is 21.2. The van der Waals surface area contributed by atoms with Gasteiger partial charge in [-0.3, -0.25) is 9.59 Å². The van der Waals surface area contributed by atoms with E-state index in [-0.39, 0.29) is 41.8 Å². The Hall–Kier alpha value is -3.06. The average molecular weight is 405 g/mol. The molecule has 0 bridgehead atoms. The van der Waals surface area contributed by atoms with Gasteiger partial charge in [0.2, 0.25) is 5.91 Å². The molecule has 0 spiro atoms. The number of esters is 1. The molecule has 7 nitrogen and oxygen atoms in total. The van der Waals surface area contributed by atoms with Crippen molar-refractivity contribution in [2.24, 2.45) is 5.73 Å². The molecule has 148 valence electrons. The number of primary amides is 1. The summed E-state index contributed by atoms with van der Waals surface area (Å²) >= 11 is 6.11. The highest BCUT2D eigenvalue weighted by molar-refractivity contribution is 6.32. The number of halogens is 1. The van der Waals surface area contributed by atoms with Crippen LogP contribution < -0.4 is 10.5 Å². The van der Waals surface area contributed by atoms with Crippen LogP contribution in [0.5, 0.6) is 5.75 Å². The summed E-state index contributed by atoms with van der Waals surface area (Å²) < 4.78 is 10.1. The Balaban J connectivity index is 2.04. The number of benzene rings is 2. The molecule has 2 amide bonds. The molecule has 0 heterocycles. The minimum absolute atomic E-state index is 0.0488. The summed E-state index contributed by atoms with van der Waals surface area (Å²) in [5.74, 6) is -1.08. The Morgan fingerprint density at radius 1 is 1.11 bits per heavy atom. The molecular formula is C20H21ClN2O5. The van der Waals surface area contributed by atoms with Gasteiger partial charge in [0.1, 0.15) is 5.75 Å². The molecule has 2 rings (SSSR count). The van der Waals surface area contributed by atoms with E-state index in [2.05, 4.69) is 4.74 Å². The highest BCUT2D eigenvalue weighted by Gasteiger charge is 2.17. The smallest absolute Gasteiger partial charge is 0.337 e. The van der Waals surface area contributed by atoms with Gasteiger partial charge in [0.05, 0.1) is 17.7 Å². The molecule has 2 N–H and O–H groups in total. The van der Waals surface area contributed by atoms with Crippen LogP contribution in [0.3, 0.4) is 0 Å². The van der Waals surface area contributed by atoms with Crippen molar-refractivity contribution in [2.75, 3.05) is 20.3 Å². The van der Waals surface area contributed by atoms with Crippen LogP contribution in [0.2, 0.25) is 5.02 Å². The summed E-state index contributed by atoms with van der Waals surface area (Å²) in [4.78, 5) is 36.7. The van der Waals surface area contributed by atoms with Crippen LogP contribution in [0.25, 0.3) is 0 Å². The molecule has 0 aliphatic rings. The van der Waals surface area contributed by atoms with Gasteiger partial charge in [-0.1, -0.05) is 41.9 Å². The predicted molar refractivity (Wildman–Crippen MR) is 104 cm³/mol. The van der Waals surface area contributed by atoms with E-state index < -0.39 is 11.9 Å². The van der Waals surface area contributed by atoms with Crippen molar-refractivity contribution in [2.45, 2.75) is 13.0 Å². The molecule has 8 heteroatoms. The molecule has 2 aromatic carbocycles. The third-order valence-electron chi connectivity index (χ3n) is 3.90. The number of hydrogen-bond acceptors (Lipinski definition) is 5. The van der Waals surface area contributed by atoms with Crippen LogP contribution in [-0.4, -0.2) is 42.9 Å². The monoisotopic (exact) mass is 404 g/mol. The van der Waals surface area contributed by atoms with Crippen LogP contribution in [0.4, 0.5) is 0 Å². The van der Waals surface area contributed by atoms with Crippen LogP contribution in [0, 0.1) is 0 Å². The Bertz CT molecular complexity index is 842. The standard InChI is InChI=1S/C20H21ClN2O5/c1-27-20(26)15-7-8-17(16(21)11-15)28-13-19(25)23(10-9-18(22)24)12-14-5-3-2-4-6-14/h2-8,11H,9-10,12-13H2,1H3,(H2,22,24). The van der Waals surface area contributed by atoms with Gasteiger partial charge in [-0.25, -0.2) is 4.79 Å². The quantitative estimate of drug-likeness (QED) is 0.647. The lowest BCUT2D eigenvalue weighted by Gasteiger charge is -2.22. The molecule has 2 aromatic rings. The fourth-order valence-electron chi connectivity index (χ4n) is 2.43. The van der Waals surface area contributed by atoms with Gasteiger partial charge < -0.3 is 20.1 Å². The number of ether oxygens (including phenoxy) is 2. The number of hydrogen-bond donors (Lipinski definition) is 1. The topological polar surface area (TPSA) is 98.9 Å². The second kappa shape index (κ2) is 10.3. The zero-order valence-corrected chi connectivity index (χ0v) is 16.1. The maximum atomic E-state index is 12.6. The van der Waals surface area contributed by atoms with E-state index in [1.54, 1.807) is 0 Å². The number of nitrogens with zero attached hydrogens (tertiary/aromatic N) is 1. The molecule has 28 heavy (non-hydrogen) atoms. The molecule has 0 saturated carbocycles. The van der Waals surface area contributed by atoms with Crippen molar-refractivity contribution in [1.29, 1.82) is 0 Å². The number of methoxy groups -OCH3 is 1. The van der Waals surface area contributed by atoms with Crippen LogP contribution in [0.15, 0.2) is 48.5 Å². The highest BCUT2D eigenvalue weighted by Crippen LogP contribution is 2.26. The zero-order valence-electron chi connectivity index (χ0n) is 15.4. The SMILES string of the molecule is COC(=O)c1ccc(OCC(=O)N(CCC(N)=O)Cc2ccccc2)c(Cl)c1. The molecule has 0 aromatic heterocycles. The lowest BCUT2D eigenvalue weighted by molar-refractivity contribution is -0.134. The fourth-order valence-corrected chi connectivity index (χ4v) is 2.67. The Labute approximate surface area is 168 Å². The molecule has 0 radical (unpaired) electrons. The van der Waals surface area contributed by atoms with E-state index in [4.69, 9.17) is 22.1 Å². The van der Waals surface area contributed by atoms with Gasteiger partial charge in [-0.15, -0.1) is 0 Å². The first-order chi connectivity index (χ1) is 13.4. The van der Waals surface area contributed by atoms with Gasteiger partial charge in [0.15, 0.2) is 6.61 Å². The predicted octanol–water partition coefficient (Wildman–Crippen LogP) is 2.41. The summed E-state index contributed by atoms with van der Waals surface area (Å²) in [6, 6.07) is 13.8. The van der Waals surface area contributed by atoms with Crippen LogP contribution in [-0.2, 0) is 20.9 Å². The largest absolute Gasteiger partial charge is 0.482 e. The summed E-state index contributed by atoms with van der Waals surface area (Å²) in [7, 11) is 1.27. The third kappa shape index (κ3) is 6.28. The first-order valence-corrected chi connectivity index (χ1v) is 8.89. The second-order valence-corrected chi connectivity index (χ2v) is 6.35. The van der Waals surface area contributed by atoms with E-state index in [1.165, 1.54) is 30.2 Å². The van der Waals surface area contributed by atoms with E-state index in [9.17, 15) is 14.4 Å². The normalized spacial score (nSPS) is 10.2. The molecule has 0 unspecified atom stereocenters. The van der Waals surface area contributed by atoms with Crippen molar-refractivity contribution in [3.05, 3.63) is 64.7 Å². The van der Waals surface area contributed by atoms with E-state index in [0.717, 1.165) is 5.56 Å². The fraction of sp³-hybridized carbons (Fsp3) is 0.250. The van der Waals surface area contributed by atoms with Crippen molar-refractivity contribution in [3.63, 3.8) is 0 Å². The third-order valence-corrected chi connectivity index (χ3v) is 4.20. The first-order valence-electron chi connectivity index (χ1n) is 8.51. The molecule has 0 saturated heterocycles. The molecular weight excluding hydrogens is 384 g/mol. The molecule has 0 fully saturated rings. The lowest BCUT2D eigenvalue weighted by Crippen LogP contribution is -2.36. The number of amides is 2. The average Bonchev–Trinajstić information content (AvgIpc) is 2.69.